The summed E-state index contributed by atoms with van der Waals surface area (Å²) in [5.41, 5.74) is 3.85. The summed E-state index contributed by atoms with van der Waals surface area (Å²) in [5.74, 6) is 0.523. The first-order valence-corrected chi connectivity index (χ1v) is 11.3. The minimum Gasteiger partial charge on any atom is -0.495 e. The predicted octanol–water partition coefficient (Wildman–Crippen LogP) is 5.18. The SMILES string of the molecule is CCOc1cc(/C=N\NC(=O)c2ccc(Cl)cc2Cl)ccc1OCC(=O)Nc1ccccc1OC. The molecule has 0 unspecified atom stereocenters. The third kappa shape index (κ3) is 7.37. The summed E-state index contributed by atoms with van der Waals surface area (Å²) in [6.07, 6.45) is 1.45. The van der Waals surface area contributed by atoms with Gasteiger partial charge in [0.25, 0.3) is 11.8 Å². The molecule has 10 heteroatoms. The first-order chi connectivity index (χ1) is 16.9. The highest BCUT2D eigenvalue weighted by molar-refractivity contribution is 6.36. The Bertz CT molecular complexity index is 1230. The normalized spacial score (nSPS) is 10.6. The highest BCUT2D eigenvalue weighted by Gasteiger charge is 2.12. The topological polar surface area (TPSA) is 98.3 Å². The number of hydrazone groups is 1. The van der Waals surface area contributed by atoms with Crippen LogP contribution in [0.2, 0.25) is 10.0 Å². The Hall–Kier alpha value is -3.75. The van der Waals surface area contributed by atoms with Gasteiger partial charge < -0.3 is 19.5 Å². The molecule has 3 aromatic rings. The molecule has 0 spiro atoms. The third-order valence-electron chi connectivity index (χ3n) is 4.56. The summed E-state index contributed by atoms with van der Waals surface area (Å²) >= 11 is 11.9. The summed E-state index contributed by atoms with van der Waals surface area (Å²) < 4.78 is 16.5. The number of rotatable bonds is 10. The number of methoxy groups -OCH3 is 1. The molecular weight excluding hydrogens is 493 g/mol. The van der Waals surface area contributed by atoms with E-state index < -0.39 is 5.91 Å². The molecule has 0 atom stereocenters. The average Bonchev–Trinajstić information content (AvgIpc) is 2.84. The second kappa shape index (κ2) is 12.6. The zero-order chi connectivity index (χ0) is 25.2. The van der Waals surface area contributed by atoms with Crippen LogP contribution in [-0.2, 0) is 4.79 Å². The van der Waals surface area contributed by atoms with Crippen LogP contribution in [0.3, 0.4) is 0 Å². The summed E-state index contributed by atoms with van der Waals surface area (Å²) in [5, 5.41) is 7.36. The van der Waals surface area contributed by atoms with Crippen LogP contribution in [0.25, 0.3) is 0 Å². The van der Waals surface area contributed by atoms with Crippen LogP contribution in [0, 0.1) is 0 Å². The van der Waals surface area contributed by atoms with Gasteiger partial charge in [-0.2, -0.15) is 5.10 Å². The van der Waals surface area contributed by atoms with E-state index in [9.17, 15) is 9.59 Å². The fraction of sp³-hybridized carbons (Fsp3) is 0.160. The van der Waals surface area contributed by atoms with Gasteiger partial charge in [0, 0.05) is 5.02 Å². The maximum atomic E-state index is 12.3. The van der Waals surface area contributed by atoms with Gasteiger partial charge in [-0.3, -0.25) is 9.59 Å². The van der Waals surface area contributed by atoms with E-state index in [2.05, 4.69) is 15.8 Å². The minimum absolute atomic E-state index is 0.222. The molecule has 0 saturated carbocycles. The molecule has 182 valence electrons. The number of para-hydroxylation sites is 2. The number of carbonyl (C=O) groups is 2. The second-order valence-corrected chi connectivity index (χ2v) is 7.84. The van der Waals surface area contributed by atoms with Crippen molar-refractivity contribution >= 4 is 46.9 Å². The lowest BCUT2D eigenvalue weighted by molar-refractivity contribution is -0.118. The highest BCUT2D eigenvalue weighted by Crippen LogP contribution is 2.28. The van der Waals surface area contributed by atoms with Gasteiger partial charge in [0.05, 0.1) is 36.2 Å². The predicted molar refractivity (Wildman–Crippen MR) is 136 cm³/mol. The average molecular weight is 516 g/mol. The monoisotopic (exact) mass is 515 g/mol. The molecule has 3 rings (SSSR count). The van der Waals surface area contributed by atoms with Gasteiger partial charge in [-0.25, -0.2) is 5.43 Å². The Morgan fingerprint density at radius 1 is 0.971 bits per heavy atom. The Labute approximate surface area is 212 Å². The van der Waals surface area contributed by atoms with E-state index in [1.807, 2.05) is 13.0 Å². The number of carbonyl (C=O) groups excluding carboxylic acids is 2. The van der Waals surface area contributed by atoms with Crippen LogP contribution in [0.15, 0.2) is 65.8 Å². The first kappa shape index (κ1) is 25.9. The second-order valence-electron chi connectivity index (χ2n) is 7.00. The Morgan fingerprint density at radius 3 is 2.51 bits per heavy atom. The molecule has 0 aliphatic carbocycles. The molecule has 3 aromatic carbocycles. The lowest BCUT2D eigenvalue weighted by Crippen LogP contribution is -2.20. The molecule has 0 aliphatic rings. The van der Waals surface area contributed by atoms with Gasteiger partial charge in [0.15, 0.2) is 18.1 Å². The minimum atomic E-state index is -0.478. The van der Waals surface area contributed by atoms with Gasteiger partial charge in [-0.05, 0) is 61.0 Å². The van der Waals surface area contributed by atoms with Crippen molar-refractivity contribution in [1.29, 1.82) is 0 Å². The number of nitrogens with zero attached hydrogens (tertiary/aromatic N) is 1. The van der Waals surface area contributed by atoms with Crippen LogP contribution >= 0.6 is 23.2 Å². The Morgan fingerprint density at radius 2 is 1.77 bits per heavy atom. The fourth-order valence-electron chi connectivity index (χ4n) is 2.97. The van der Waals surface area contributed by atoms with Crippen molar-refractivity contribution in [2.75, 3.05) is 25.6 Å². The van der Waals surface area contributed by atoms with Crippen molar-refractivity contribution in [3.63, 3.8) is 0 Å². The quantitative estimate of drug-likeness (QED) is 0.286. The van der Waals surface area contributed by atoms with E-state index in [-0.39, 0.29) is 23.1 Å². The maximum absolute atomic E-state index is 12.3. The number of benzene rings is 3. The molecule has 0 aliphatic heterocycles. The first-order valence-electron chi connectivity index (χ1n) is 10.5. The molecule has 2 N–H and O–H groups in total. The molecule has 0 heterocycles. The molecule has 0 fully saturated rings. The van der Waals surface area contributed by atoms with Gasteiger partial charge >= 0.3 is 0 Å². The number of hydrogen-bond acceptors (Lipinski definition) is 6. The Kier molecular flexibility index (Phi) is 9.34. The van der Waals surface area contributed by atoms with Crippen LogP contribution in [0.4, 0.5) is 5.69 Å². The number of nitrogens with one attached hydrogen (secondary N) is 2. The smallest absolute Gasteiger partial charge is 0.272 e. The molecule has 0 radical (unpaired) electrons. The van der Waals surface area contributed by atoms with Crippen LogP contribution in [-0.4, -0.2) is 38.4 Å². The van der Waals surface area contributed by atoms with E-state index in [0.717, 1.165) is 0 Å². The fourth-order valence-corrected chi connectivity index (χ4v) is 3.46. The van der Waals surface area contributed by atoms with Crippen LogP contribution in [0.5, 0.6) is 17.2 Å². The van der Waals surface area contributed by atoms with Gasteiger partial charge in [0.1, 0.15) is 5.75 Å². The van der Waals surface area contributed by atoms with Crippen molar-refractivity contribution in [3.8, 4) is 17.2 Å². The lowest BCUT2D eigenvalue weighted by Gasteiger charge is -2.13. The molecule has 0 aromatic heterocycles. The van der Waals surface area contributed by atoms with E-state index in [1.54, 1.807) is 42.5 Å². The van der Waals surface area contributed by atoms with E-state index in [0.29, 0.717) is 40.1 Å². The van der Waals surface area contributed by atoms with Crippen molar-refractivity contribution in [1.82, 2.24) is 5.43 Å². The highest BCUT2D eigenvalue weighted by atomic mass is 35.5. The van der Waals surface area contributed by atoms with E-state index >= 15 is 0 Å². The van der Waals surface area contributed by atoms with Gasteiger partial charge in [-0.1, -0.05) is 35.3 Å². The third-order valence-corrected chi connectivity index (χ3v) is 5.11. The molecule has 0 bridgehead atoms. The number of ether oxygens (including phenoxy) is 3. The number of anilines is 1. The van der Waals surface area contributed by atoms with Crippen molar-refractivity contribution in [2.45, 2.75) is 6.92 Å². The summed E-state index contributed by atoms with van der Waals surface area (Å²) in [7, 11) is 1.53. The molecule has 2 amide bonds. The van der Waals surface area contributed by atoms with E-state index in [1.165, 1.54) is 25.5 Å². The van der Waals surface area contributed by atoms with Crippen molar-refractivity contribution < 1.29 is 23.8 Å². The lowest BCUT2D eigenvalue weighted by atomic mass is 10.2. The molecule has 35 heavy (non-hydrogen) atoms. The van der Waals surface area contributed by atoms with E-state index in [4.69, 9.17) is 37.4 Å². The number of amides is 2. The molecule has 8 nitrogen and oxygen atoms in total. The zero-order valence-corrected chi connectivity index (χ0v) is 20.5. The van der Waals surface area contributed by atoms with Gasteiger partial charge in [-0.15, -0.1) is 0 Å². The molecular formula is C25H23Cl2N3O5. The van der Waals surface area contributed by atoms with Crippen molar-refractivity contribution in [3.05, 3.63) is 81.8 Å². The summed E-state index contributed by atoms with van der Waals surface area (Å²) in [6, 6.07) is 16.7. The molecule has 0 saturated heterocycles. The largest absolute Gasteiger partial charge is 0.495 e. The maximum Gasteiger partial charge on any atom is 0.272 e. The van der Waals surface area contributed by atoms with Crippen LogP contribution in [0.1, 0.15) is 22.8 Å². The summed E-state index contributed by atoms with van der Waals surface area (Å²) in [4.78, 5) is 24.6. The summed E-state index contributed by atoms with van der Waals surface area (Å²) in [6.45, 7) is 1.98. The van der Waals surface area contributed by atoms with Crippen molar-refractivity contribution in [2.24, 2.45) is 5.10 Å². The zero-order valence-electron chi connectivity index (χ0n) is 19.0. The number of hydrogen-bond donors (Lipinski definition) is 2. The number of halogens is 2. The van der Waals surface area contributed by atoms with Gasteiger partial charge in [0.2, 0.25) is 0 Å². The van der Waals surface area contributed by atoms with Crippen LogP contribution < -0.4 is 25.0 Å². The standard InChI is InChI=1S/C25H23Cl2N3O5/c1-3-34-23-12-16(14-28-30-25(32)18-10-9-17(26)13-19(18)27)8-11-22(23)35-15-24(31)29-20-6-4-5-7-21(20)33-2/h4-14H,3,15H2,1-2H3,(H,29,31)(H,30,32)/b28-14-. The Balaban J connectivity index is 1.62.